The van der Waals surface area contributed by atoms with Crippen LogP contribution in [-0.4, -0.2) is 28.9 Å². The summed E-state index contributed by atoms with van der Waals surface area (Å²) in [7, 11) is 0. The maximum absolute atomic E-state index is 12.5. The molecule has 0 bridgehead atoms. The lowest BCUT2D eigenvalue weighted by atomic mass is 10.1. The van der Waals surface area contributed by atoms with E-state index >= 15 is 0 Å². The van der Waals surface area contributed by atoms with Crippen molar-refractivity contribution >= 4 is 5.91 Å². The maximum Gasteiger partial charge on any atom is 0.253 e. The first-order valence-electron chi connectivity index (χ1n) is 7.17. The Bertz CT molecular complexity index is 385. The summed E-state index contributed by atoms with van der Waals surface area (Å²) in [5.41, 5.74) is 7.03. The van der Waals surface area contributed by atoms with E-state index in [0.29, 0.717) is 12.1 Å². The standard InChI is InChI=1S/C15H25N3O/c1-3-5-9-18(10-6-4-2)15(19)13-7-8-17-14(11-13)12-16/h7-8,11H,3-6,9-10,12,16H2,1-2H3. The molecule has 0 unspecified atom stereocenters. The van der Waals surface area contributed by atoms with Crippen LogP contribution < -0.4 is 5.73 Å². The minimum Gasteiger partial charge on any atom is -0.339 e. The van der Waals surface area contributed by atoms with Gasteiger partial charge < -0.3 is 10.6 Å². The molecule has 1 aromatic rings. The van der Waals surface area contributed by atoms with Crippen molar-refractivity contribution in [2.24, 2.45) is 5.73 Å². The van der Waals surface area contributed by atoms with E-state index in [1.807, 2.05) is 4.90 Å². The lowest BCUT2D eigenvalue weighted by molar-refractivity contribution is 0.0751. The minimum atomic E-state index is 0.0963. The molecule has 1 amide bonds. The highest BCUT2D eigenvalue weighted by Gasteiger charge is 2.15. The van der Waals surface area contributed by atoms with E-state index in [4.69, 9.17) is 5.73 Å². The van der Waals surface area contributed by atoms with E-state index < -0.39 is 0 Å². The highest BCUT2D eigenvalue weighted by molar-refractivity contribution is 5.94. The first kappa shape index (κ1) is 15.6. The molecule has 106 valence electrons. The first-order chi connectivity index (χ1) is 9.22. The molecule has 0 aliphatic rings. The van der Waals surface area contributed by atoms with Crippen molar-refractivity contribution in [1.82, 2.24) is 9.88 Å². The molecule has 4 nitrogen and oxygen atoms in total. The van der Waals surface area contributed by atoms with Gasteiger partial charge in [0, 0.05) is 31.4 Å². The molecule has 0 atom stereocenters. The molecule has 19 heavy (non-hydrogen) atoms. The van der Waals surface area contributed by atoms with Crippen LogP contribution in [0, 0.1) is 0 Å². The fourth-order valence-corrected chi connectivity index (χ4v) is 1.92. The van der Waals surface area contributed by atoms with Gasteiger partial charge in [0.05, 0.1) is 5.69 Å². The summed E-state index contributed by atoms with van der Waals surface area (Å²) >= 11 is 0. The molecule has 0 aliphatic carbocycles. The van der Waals surface area contributed by atoms with E-state index in [2.05, 4.69) is 18.8 Å². The molecule has 1 heterocycles. The van der Waals surface area contributed by atoms with Crippen molar-refractivity contribution < 1.29 is 4.79 Å². The third kappa shape index (κ3) is 4.99. The molecule has 0 fully saturated rings. The molecule has 0 aliphatic heterocycles. The topological polar surface area (TPSA) is 59.2 Å². The van der Waals surface area contributed by atoms with Gasteiger partial charge in [-0.05, 0) is 25.0 Å². The predicted octanol–water partition coefficient (Wildman–Crippen LogP) is 2.58. The maximum atomic E-state index is 12.5. The molecule has 1 rings (SSSR count). The summed E-state index contributed by atoms with van der Waals surface area (Å²) in [4.78, 5) is 18.6. The van der Waals surface area contributed by atoms with Gasteiger partial charge in [-0.2, -0.15) is 0 Å². The average molecular weight is 263 g/mol. The predicted molar refractivity (Wildman–Crippen MR) is 77.8 cm³/mol. The molecule has 1 aromatic heterocycles. The van der Waals surface area contributed by atoms with Crippen LogP contribution in [0.4, 0.5) is 0 Å². The fourth-order valence-electron chi connectivity index (χ4n) is 1.92. The van der Waals surface area contributed by atoms with E-state index in [1.54, 1.807) is 18.3 Å². The van der Waals surface area contributed by atoms with Gasteiger partial charge in [0.25, 0.3) is 5.91 Å². The summed E-state index contributed by atoms with van der Waals surface area (Å²) in [5.74, 6) is 0.0963. The Morgan fingerprint density at radius 2 is 1.89 bits per heavy atom. The zero-order valence-electron chi connectivity index (χ0n) is 12.1. The lowest BCUT2D eigenvalue weighted by Crippen LogP contribution is -2.33. The van der Waals surface area contributed by atoms with Gasteiger partial charge in [-0.25, -0.2) is 0 Å². The number of hydrogen-bond acceptors (Lipinski definition) is 3. The summed E-state index contributed by atoms with van der Waals surface area (Å²) < 4.78 is 0. The van der Waals surface area contributed by atoms with E-state index in [-0.39, 0.29) is 5.91 Å². The Labute approximate surface area is 116 Å². The van der Waals surface area contributed by atoms with Gasteiger partial charge in [0.1, 0.15) is 0 Å². The minimum absolute atomic E-state index is 0.0963. The number of nitrogens with two attached hydrogens (primary N) is 1. The van der Waals surface area contributed by atoms with Crippen molar-refractivity contribution in [2.75, 3.05) is 13.1 Å². The number of carbonyl (C=O) groups is 1. The van der Waals surface area contributed by atoms with Gasteiger partial charge >= 0.3 is 0 Å². The summed E-state index contributed by atoms with van der Waals surface area (Å²) in [6, 6.07) is 3.57. The van der Waals surface area contributed by atoms with Crippen LogP contribution in [0.1, 0.15) is 55.6 Å². The SMILES string of the molecule is CCCCN(CCCC)C(=O)c1ccnc(CN)c1. The quantitative estimate of drug-likeness (QED) is 0.784. The molecule has 0 saturated carbocycles. The second-order valence-corrected chi connectivity index (χ2v) is 4.74. The van der Waals surface area contributed by atoms with Crippen LogP contribution in [0.2, 0.25) is 0 Å². The van der Waals surface area contributed by atoms with Crippen LogP contribution >= 0.6 is 0 Å². The third-order valence-corrected chi connectivity index (χ3v) is 3.12. The number of unbranched alkanes of at least 4 members (excludes halogenated alkanes) is 2. The monoisotopic (exact) mass is 263 g/mol. The normalized spacial score (nSPS) is 10.5. The average Bonchev–Trinajstić information content (AvgIpc) is 2.47. The van der Waals surface area contributed by atoms with Crippen LogP contribution in [0.25, 0.3) is 0 Å². The Morgan fingerprint density at radius 3 is 2.42 bits per heavy atom. The second-order valence-electron chi connectivity index (χ2n) is 4.74. The van der Waals surface area contributed by atoms with Crippen LogP contribution in [0.3, 0.4) is 0 Å². The van der Waals surface area contributed by atoms with E-state index in [0.717, 1.165) is 44.5 Å². The number of hydrogen-bond donors (Lipinski definition) is 1. The van der Waals surface area contributed by atoms with Crippen molar-refractivity contribution in [1.29, 1.82) is 0 Å². The lowest BCUT2D eigenvalue weighted by Gasteiger charge is -2.22. The van der Waals surface area contributed by atoms with Crippen molar-refractivity contribution in [3.05, 3.63) is 29.6 Å². The largest absolute Gasteiger partial charge is 0.339 e. The number of nitrogens with zero attached hydrogens (tertiary/aromatic N) is 2. The van der Waals surface area contributed by atoms with Gasteiger partial charge in [-0.1, -0.05) is 26.7 Å². The van der Waals surface area contributed by atoms with Crippen LogP contribution in [-0.2, 0) is 6.54 Å². The van der Waals surface area contributed by atoms with Gasteiger partial charge in [0.2, 0.25) is 0 Å². The molecular weight excluding hydrogens is 238 g/mol. The third-order valence-electron chi connectivity index (χ3n) is 3.12. The van der Waals surface area contributed by atoms with E-state index in [9.17, 15) is 4.79 Å². The summed E-state index contributed by atoms with van der Waals surface area (Å²) in [6.45, 7) is 6.30. The molecular formula is C15H25N3O. The number of carbonyl (C=O) groups excluding carboxylic acids is 1. The first-order valence-corrected chi connectivity index (χ1v) is 7.17. The Hall–Kier alpha value is -1.42. The van der Waals surface area contributed by atoms with Gasteiger partial charge in [-0.15, -0.1) is 0 Å². The number of pyridine rings is 1. The highest BCUT2D eigenvalue weighted by Crippen LogP contribution is 2.09. The Morgan fingerprint density at radius 1 is 1.26 bits per heavy atom. The Kier molecular flexibility index (Phi) is 7.11. The molecule has 2 N–H and O–H groups in total. The fraction of sp³-hybridized carbons (Fsp3) is 0.600. The van der Waals surface area contributed by atoms with Gasteiger partial charge in [-0.3, -0.25) is 9.78 Å². The van der Waals surface area contributed by atoms with Crippen LogP contribution in [0.5, 0.6) is 0 Å². The molecule has 0 saturated heterocycles. The molecule has 0 aromatic carbocycles. The highest BCUT2D eigenvalue weighted by atomic mass is 16.2. The zero-order valence-corrected chi connectivity index (χ0v) is 12.1. The van der Waals surface area contributed by atoms with Crippen molar-refractivity contribution in [3.8, 4) is 0 Å². The van der Waals surface area contributed by atoms with Crippen molar-refractivity contribution in [2.45, 2.75) is 46.1 Å². The second kappa shape index (κ2) is 8.64. The van der Waals surface area contributed by atoms with Gasteiger partial charge in [0.15, 0.2) is 0 Å². The molecule has 4 heteroatoms. The number of rotatable bonds is 8. The smallest absolute Gasteiger partial charge is 0.253 e. The number of amides is 1. The van der Waals surface area contributed by atoms with Crippen LogP contribution in [0.15, 0.2) is 18.3 Å². The van der Waals surface area contributed by atoms with Crippen molar-refractivity contribution in [3.63, 3.8) is 0 Å². The molecule has 0 radical (unpaired) electrons. The summed E-state index contributed by atoms with van der Waals surface area (Å²) in [5, 5.41) is 0. The zero-order chi connectivity index (χ0) is 14.1. The summed E-state index contributed by atoms with van der Waals surface area (Å²) in [6.07, 6.45) is 5.95. The molecule has 0 spiro atoms. The Balaban J connectivity index is 2.77. The number of aromatic nitrogens is 1. The van der Waals surface area contributed by atoms with E-state index in [1.165, 1.54) is 0 Å².